The fourth-order valence-corrected chi connectivity index (χ4v) is 4.84. The molecule has 1 aliphatic rings. The van der Waals surface area contributed by atoms with Gasteiger partial charge in [0.15, 0.2) is 11.6 Å². The number of amides is 2. The van der Waals surface area contributed by atoms with Gasteiger partial charge in [-0.25, -0.2) is 4.79 Å². The molecular formula is C23H19ClN6OS. The molecule has 1 aliphatic heterocycles. The van der Waals surface area contributed by atoms with E-state index in [0.29, 0.717) is 23.1 Å². The van der Waals surface area contributed by atoms with Gasteiger partial charge in [0.05, 0.1) is 23.0 Å². The van der Waals surface area contributed by atoms with Crippen molar-refractivity contribution in [2.24, 2.45) is 4.99 Å². The number of carbonyl (C=O) groups excluding carboxylic acids is 1. The van der Waals surface area contributed by atoms with E-state index in [-0.39, 0.29) is 12.6 Å². The van der Waals surface area contributed by atoms with E-state index in [4.69, 9.17) is 16.6 Å². The van der Waals surface area contributed by atoms with Crippen molar-refractivity contribution in [3.05, 3.63) is 93.3 Å². The maximum atomic E-state index is 12.4. The van der Waals surface area contributed by atoms with Crippen LogP contribution in [0.2, 0.25) is 5.02 Å². The number of aromatic nitrogens is 3. The number of hydrogen-bond donors (Lipinski definition) is 2. The minimum absolute atomic E-state index is 0.209. The number of anilines is 1. The molecule has 0 atom stereocenters. The number of benzene rings is 2. The van der Waals surface area contributed by atoms with E-state index >= 15 is 0 Å². The van der Waals surface area contributed by atoms with Gasteiger partial charge in [-0.2, -0.15) is 0 Å². The molecule has 4 aromatic rings. The summed E-state index contributed by atoms with van der Waals surface area (Å²) in [6.45, 7) is 2.69. The predicted octanol–water partition coefficient (Wildman–Crippen LogP) is 4.96. The highest BCUT2D eigenvalue weighted by Crippen LogP contribution is 2.32. The second-order valence-corrected chi connectivity index (χ2v) is 8.90. The lowest BCUT2D eigenvalue weighted by atomic mass is 10.0. The van der Waals surface area contributed by atoms with Crippen LogP contribution < -0.4 is 10.6 Å². The number of hydrogen-bond acceptors (Lipinski definition) is 5. The Kier molecular flexibility index (Phi) is 5.46. The van der Waals surface area contributed by atoms with Crippen LogP contribution in [0.15, 0.2) is 65.7 Å². The average molecular weight is 463 g/mol. The number of rotatable bonds is 4. The number of para-hydroxylation sites is 1. The third-order valence-electron chi connectivity index (χ3n) is 5.05. The normalized spacial score (nSPS) is 12.4. The maximum absolute atomic E-state index is 12.4. The van der Waals surface area contributed by atoms with Gasteiger partial charge in [0.2, 0.25) is 0 Å². The summed E-state index contributed by atoms with van der Waals surface area (Å²) in [4.78, 5) is 18.4. The highest BCUT2D eigenvalue weighted by Gasteiger charge is 2.25. The SMILES string of the molecule is Cc1cc2c(s1)-n1c(nnc1CNC(=O)Nc1ccccc1Cl)CN=C2c1ccccc1. The molecule has 2 amide bonds. The summed E-state index contributed by atoms with van der Waals surface area (Å²) >= 11 is 7.78. The summed E-state index contributed by atoms with van der Waals surface area (Å²) in [6, 6.07) is 19.0. The second-order valence-electron chi connectivity index (χ2n) is 7.26. The van der Waals surface area contributed by atoms with Crippen molar-refractivity contribution >= 4 is 40.4 Å². The van der Waals surface area contributed by atoms with E-state index in [0.717, 1.165) is 32.5 Å². The smallest absolute Gasteiger partial charge is 0.319 e. The van der Waals surface area contributed by atoms with Crippen molar-refractivity contribution in [3.63, 3.8) is 0 Å². The third kappa shape index (κ3) is 3.90. The van der Waals surface area contributed by atoms with E-state index in [1.54, 1.807) is 23.5 Å². The largest absolute Gasteiger partial charge is 0.331 e. The summed E-state index contributed by atoms with van der Waals surface area (Å²) in [5.41, 5.74) is 3.58. The number of aryl methyl sites for hydroxylation is 1. The van der Waals surface area contributed by atoms with Crippen molar-refractivity contribution in [1.29, 1.82) is 0 Å². The van der Waals surface area contributed by atoms with E-state index in [1.807, 2.05) is 34.9 Å². The highest BCUT2D eigenvalue weighted by atomic mass is 35.5. The standard InChI is InChI=1S/C23H19ClN6OS/c1-14-11-16-21(15-7-3-2-4-8-15)25-12-19-28-29-20(30(19)22(16)32-14)13-26-23(31)27-18-10-6-5-9-17(18)24/h2-11H,12-13H2,1H3,(H2,26,27,31). The lowest BCUT2D eigenvalue weighted by Crippen LogP contribution is -2.29. The zero-order valence-corrected chi connectivity index (χ0v) is 18.7. The third-order valence-corrected chi connectivity index (χ3v) is 6.41. The van der Waals surface area contributed by atoms with Gasteiger partial charge in [0.25, 0.3) is 0 Å². The topological polar surface area (TPSA) is 84.2 Å². The molecule has 32 heavy (non-hydrogen) atoms. The van der Waals surface area contributed by atoms with Crippen LogP contribution in [0.4, 0.5) is 10.5 Å². The van der Waals surface area contributed by atoms with Crippen LogP contribution in [-0.4, -0.2) is 26.5 Å². The Bertz CT molecular complexity index is 1330. The molecule has 0 aliphatic carbocycles. The summed E-state index contributed by atoms with van der Waals surface area (Å²) in [5.74, 6) is 1.38. The highest BCUT2D eigenvalue weighted by molar-refractivity contribution is 7.15. The minimum atomic E-state index is -0.368. The van der Waals surface area contributed by atoms with Crippen LogP contribution in [-0.2, 0) is 13.1 Å². The van der Waals surface area contributed by atoms with E-state index in [1.165, 1.54) is 0 Å². The summed E-state index contributed by atoms with van der Waals surface area (Å²) < 4.78 is 2.00. The van der Waals surface area contributed by atoms with E-state index < -0.39 is 0 Å². The molecule has 0 radical (unpaired) electrons. The molecule has 0 fully saturated rings. The average Bonchev–Trinajstić information content (AvgIpc) is 3.34. The van der Waals surface area contributed by atoms with Gasteiger partial charge < -0.3 is 10.6 Å². The van der Waals surface area contributed by atoms with Crippen LogP contribution in [0.5, 0.6) is 0 Å². The van der Waals surface area contributed by atoms with Crippen LogP contribution in [0.1, 0.15) is 27.7 Å². The molecule has 160 valence electrons. The lowest BCUT2D eigenvalue weighted by Gasteiger charge is -2.11. The molecule has 2 N–H and O–H groups in total. The molecule has 0 unspecified atom stereocenters. The van der Waals surface area contributed by atoms with Gasteiger partial charge in [-0.1, -0.05) is 54.1 Å². The Labute approximate surface area is 193 Å². The number of carbonyl (C=O) groups is 1. The predicted molar refractivity (Wildman–Crippen MR) is 127 cm³/mol. The Hall–Kier alpha value is -3.49. The summed E-state index contributed by atoms with van der Waals surface area (Å²) in [6.07, 6.45) is 0. The fraction of sp³-hybridized carbons (Fsp3) is 0.130. The van der Waals surface area contributed by atoms with Crippen molar-refractivity contribution < 1.29 is 4.79 Å². The van der Waals surface area contributed by atoms with E-state index in [2.05, 4.69) is 46.0 Å². The molecule has 9 heteroatoms. The molecular weight excluding hydrogens is 444 g/mol. The van der Waals surface area contributed by atoms with Crippen LogP contribution in [0, 0.1) is 6.92 Å². The van der Waals surface area contributed by atoms with E-state index in [9.17, 15) is 4.79 Å². The molecule has 0 saturated carbocycles. The molecule has 5 rings (SSSR count). The molecule has 2 aromatic heterocycles. The molecule has 2 aromatic carbocycles. The van der Waals surface area contributed by atoms with Crippen molar-refractivity contribution in [3.8, 4) is 5.00 Å². The second kappa shape index (κ2) is 8.57. The maximum Gasteiger partial charge on any atom is 0.319 e. The molecule has 0 saturated heterocycles. The molecule has 7 nitrogen and oxygen atoms in total. The summed E-state index contributed by atoms with van der Waals surface area (Å²) in [5, 5.41) is 15.8. The summed E-state index contributed by atoms with van der Waals surface area (Å²) in [7, 11) is 0. The van der Waals surface area contributed by atoms with Gasteiger partial charge in [-0.05, 0) is 25.1 Å². The lowest BCUT2D eigenvalue weighted by molar-refractivity contribution is 0.251. The van der Waals surface area contributed by atoms with Crippen molar-refractivity contribution in [1.82, 2.24) is 20.1 Å². The first-order valence-electron chi connectivity index (χ1n) is 10.0. The number of halogens is 1. The zero-order valence-electron chi connectivity index (χ0n) is 17.2. The first-order valence-corrected chi connectivity index (χ1v) is 11.2. The quantitative estimate of drug-likeness (QED) is 0.449. The first kappa shape index (κ1) is 20.4. The van der Waals surface area contributed by atoms with Gasteiger partial charge in [0, 0.05) is 16.0 Å². The van der Waals surface area contributed by atoms with Gasteiger partial charge in [-0.15, -0.1) is 21.5 Å². The Morgan fingerprint density at radius 1 is 1.12 bits per heavy atom. The monoisotopic (exact) mass is 462 g/mol. The molecule has 0 spiro atoms. The number of thiophene rings is 1. The first-order chi connectivity index (χ1) is 15.6. The minimum Gasteiger partial charge on any atom is -0.331 e. The number of nitrogens with one attached hydrogen (secondary N) is 2. The van der Waals surface area contributed by atoms with Gasteiger partial charge in [-0.3, -0.25) is 9.56 Å². The van der Waals surface area contributed by atoms with Gasteiger partial charge >= 0.3 is 6.03 Å². The zero-order chi connectivity index (χ0) is 22.1. The Balaban J connectivity index is 1.42. The van der Waals surface area contributed by atoms with Crippen molar-refractivity contribution in [2.75, 3.05) is 5.32 Å². The fourth-order valence-electron chi connectivity index (χ4n) is 3.61. The Morgan fingerprint density at radius 3 is 2.72 bits per heavy atom. The van der Waals surface area contributed by atoms with Crippen LogP contribution in [0.25, 0.3) is 5.00 Å². The number of nitrogens with zero attached hydrogens (tertiary/aromatic N) is 4. The number of aliphatic imine (C=N–C) groups is 1. The molecule has 0 bridgehead atoms. The number of fused-ring (bicyclic) bond motifs is 3. The van der Waals surface area contributed by atoms with Crippen molar-refractivity contribution in [2.45, 2.75) is 20.0 Å². The van der Waals surface area contributed by atoms with Crippen LogP contribution in [0.3, 0.4) is 0 Å². The van der Waals surface area contributed by atoms with Gasteiger partial charge in [0.1, 0.15) is 11.5 Å². The Morgan fingerprint density at radius 2 is 1.91 bits per heavy atom. The molecule has 3 heterocycles. The number of urea groups is 1. The van der Waals surface area contributed by atoms with Crippen LogP contribution >= 0.6 is 22.9 Å².